The lowest BCUT2D eigenvalue weighted by molar-refractivity contribution is 0.00752. The average Bonchev–Trinajstić information content (AvgIpc) is 2.76. The summed E-state index contributed by atoms with van der Waals surface area (Å²) in [6.07, 6.45) is 0.926. The van der Waals surface area contributed by atoms with Crippen molar-refractivity contribution in [2.24, 2.45) is 10.9 Å². The minimum Gasteiger partial charge on any atom is -0.379 e. The molecule has 7 nitrogen and oxygen atoms in total. The molecule has 0 aromatic heterocycles. The van der Waals surface area contributed by atoms with Gasteiger partial charge in [-0.25, -0.2) is 4.99 Å². The molecule has 1 amide bonds. The molecule has 1 aliphatic rings. The number of carbonyl (C=O) groups excluding carboxylic acids is 1. The number of hydrogen-bond donors (Lipinski definition) is 3. The monoisotopic (exact) mass is 417 g/mol. The molecule has 1 aromatic rings. The van der Waals surface area contributed by atoms with Gasteiger partial charge in [-0.3, -0.25) is 9.69 Å². The number of benzene rings is 1. The summed E-state index contributed by atoms with van der Waals surface area (Å²) in [6.45, 7) is 15.1. The predicted octanol–water partition coefficient (Wildman–Crippen LogP) is 2.24. The third-order valence-electron chi connectivity index (χ3n) is 5.25. The van der Waals surface area contributed by atoms with E-state index in [4.69, 9.17) is 9.73 Å². The van der Waals surface area contributed by atoms with Crippen molar-refractivity contribution in [1.82, 2.24) is 20.9 Å². The zero-order chi connectivity index (χ0) is 21.8. The summed E-state index contributed by atoms with van der Waals surface area (Å²) in [5.74, 6) is 1.31. The fourth-order valence-electron chi connectivity index (χ4n) is 3.56. The highest BCUT2D eigenvalue weighted by Gasteiger charge is 2.23. The van der Waals surface area contributed by atoms with Gasteiger partial charge in [0.15, 0.2) is 5.96 Å². The molecule has 1 aromatic carbocycles. The second-order valence-corrected chi connectivity index (χ2v) is 7.99. The molecule has 3 N–H and O–H groups in total. The number of morpholine rings is 1. The van der Waals surface area contributed by atoms with Gasteiger partial charge in [0.1, 0.15) is 0 Å². The zero-order valence-electron chi connectivity index (χ0n) is 19.0. The molecule has 1 heterocycles. The molecular formula is C23H39N5O2. The minimum atomic E-state index is -0.0296. The van der Waals surface area contributed by atoms with Gasteiger partial charge in [0.2, 0.25) is 0 Å². The lowest BCUT2D eigenvalue weighted by Gasteiger charge is -2.37. The molecule has 1 atom stereocenters. The minimum absolute atomic E-state index is 0.0296. The molecule has 1 unspecified atom stereocenters. The van der Waals surface area contributed by atoms with Crippen molar-refractivity contribution in [1.29, 1.82) is 0 Å². The van der Waals surface area contributed by atoms with E-state index in [-0.39, 0.29) is 5.91 Å². The number of aliphatic imine (C=N–C) groups is 1. The van der Waals surface area contributed by atoms with Gasteiger partial charge in [-0.2, -0.15) is 0 Å². The number of nitrogens with one attached hydrogen (secondary N) is 3. The lowest BCUT2D eigenvalue weighted by atomic mass is 10.0. The second-order valence-electron chi connectivity index (χ2n) is 7.99. The number of hydrogen-bond acceptors (Lipinski definition) is 4. The molecular weight excluding hydrogens is 378 g/mol. The van der Waals surface area contributed by atoms with Crippen LogP contribution in [-0.4, -0.2) is 68.7 Å². The summed E-state index contributed by atoms with van der Waals surface area (Å²) in [5, 5.41) is 9.77. The third-order valence-corrected chi connectivity index (χ3v) is 5.25. The van der Waals surface area contributed by atoms with E-state index in [9.17, 15) is 4.79 Å². The van der Waals surface area contributed by atoms with Crippen molar-refractivity contribution in [2.45, 2.75) is 46.7 Å². The van der Waals surface area contributed by atoms with Gasteiger partial charge in [-0.1, -0.05) is 32.9 Å². The van der Waals surface area contributed by atoms with E-state index in [0.717, 1.165) is 57.3 Å². The topological polar surface area (TPSA) is 78.0 Å². The van der Waals surface area contributed by atoms with Gasteiger partial charge in [0.05, 0.1) is 19.8 Å². The molecule has 0 radical (unpaired) electrons. The molecule has 0 spiro atoms. The van der Waals surface area contributed by atoms with E-state index in [1.54, 1.807) is 0 Å². The Morgan fingerprint density at radius 2 is 1.93 bits per heavy atom. The lowest BCUT2D eigenvalue weighted by Crippen LogP contribution is -2.52. The maximum atomic E-state index is 12.2. The van der Waals surface area contributed by atoms with Gasteiger partial charge in [0.25, 0.3) is 5.91 Å². The highest BCUT2D eigenvalue weighted by atomic mass is 16.5. The highest BCUT2D eigenvalue weighted by molar-refractivity contribution is 5.94. The Kier molecular flexibility index (Phi) is 10.7. The quantitative estimate of drug-likeness (QED) is 0.402. The van der Waals surface area contributed by atoms with Crippen LogP contribution in [0.3, 0.4) is 0 Å². The Morgan fingerprint density at radius 3 is 2.60 bits per heavy atom. The first-order valence-electron chi connectivity index (χ1n) is 11.3. The van der Waals surface area contributed by atoms with Crippen LogP contribution in [0.1, 0.15) is 50.0 Å². The average molecular weight is 418 g/mol. The van der Waals surface area contributed by atoms with Gasteiger partial charge in [-0.05, 0) is 37.0 Å². The molecule has 0 aliphatic carbocycles. The largest absolute Gasteiger partial charge is 0.379 e. The second kappa shape index (κ2) is 13.2. The third kappa shape index (κ3) is 7.95. The molecule has 30 heavy (non-hydrogen) atoms. The number of guanidine groups is 1. The van der Waals surface area contributed by atoms with Crippen molar-refractivity contribution in [3.8, 4) is 0 Å². The summed E-state index contributed by atoms with van der Waals surface area (Å²) >= 11 is 0. The summed E-state index contributed by atoms with van der Waals surface area (Å²) in [4.78, 5) is 19.4. The normalized spacial score (nSPS) is 16.4. The smallest absolute Gasteiger partial charge is 0.251 e. The molecule has 0 bridgehead atoms. The number of ether oxygens (including phenoxy) is 1. The van der Waals surface area contributed by atoms with Gasteiger partial charge in [-0.15, -0.1) is 0 Å². The number of rotatable bonds is 10. The van der Waals surface area contributed by atoms with Crippen molar-refractivity contribution in [3.05, 3.63) is 35.4 Å². The van der Waals surface area contributed by atoms with Crippen molar-refractivity contribution in [3.63, 3.8) is 0 Å². The van der Waals surface area contributed by atoms with Crippen molar-refractivity contribution < 1.29 is 9.53 Å². The maximum absolute atomic E-state index is 12.2. The van der Waals surface area contributed by atoms with Crippen molar-refractivity contribution >= 4 is 11.9 Å². The first-order chi connectivity index (χ1) is 14.5. The first-order valence-corrected chi connectivity index (χ1v) is 11.3. The summed E-state index contributed by atoms with van der Waals surface area (Å²) < 4.78 is 5.50. The van der Waals surface area contributed by atoms with E-state index in [0.29, 0.717) is 30.6 Å². The fourth-order valence-corrected chi connectivity index (χ4v) is 3.56. The van der Waals surface area contributed by atoms with E-state index in [1.165, 1.54) is 0 Å². The zero-order valence-corrected chi connectivity index (χ0v) is 19.0. The van der Waals surface area contributed by atoms with E-state index < -0.39 is 0 Å². The molecule has 0 saturated carbocycles. The van der Waals surface area contributed by atoms with E-state index in [1.807, 2.05) is 31.2 Å². The Hall–Kier alpha value is -2.12. The van der Waals surface area contributed by atoms with Gasteiger partial charge >= 0.3 is 0 Å². The first kappa shape index (κ1) is 24.2. The number of nitrogens with zero attached hydrogens (tertiary/aromatic N) is 2. The van der Waals surface area contributed by atoms with Crippen LogP contribution < -0.4 is 16.0 Å². The maximum Gasteiger partial charge on any atom is 0.251 e. The molecule has 168 valence electrons. The molecule has 1 saturated heterocycles. The van der Waals surface area contributed by atoms with Gasteiger partial charge < -0.3 is 20.7 Å². The molecule has 1 aliphatic heterocycles. The van der Waals surface area contributed by atoms with Crippen LogP contribution in [0.25, 0.3) is 0 Å². The molecule has 1 fully saturated rings. The van der Waals surface area contributed by atoms with Crippen LogP contribution in [0, 0.1) is 5.92 Å². The predicted molar refractivity (Wildman–Crippen MR) is 123 cm³/mol. The van der Waals surface area contributed by atoms with Gasteiger partial charge in [0, 0.05) is 44.3 Å². The van der Waals surface area contributed by atoms with E-state index in [2.05, 4.69) is 41.6 Å². The summed E-state index contributed by atoms with van der Waals surface area (Å²) in [5.41, 5.74) is 1.70. The Bertz CT molecular complexity index is 671. The Labute approximate surface area is 181 Å². The number of amides is 1. The van der Waals surface area contributed by atoms with Crippen LogP contribution >= 0.6 is 0 Å². The Morgan fingerprint density at radius 1 is 1.17 bits per heavy atom. The summed E-state index contributed by atoms with van der Waals surface area (Å²) in [6, 6.07) is 8.12. The van der Waals surface area contributed by atoms with Crippen LogP contribution in [-0.2, 0) is 11.3 Å². The van der Waals surface area contributed by atoms with Crippen LogP contribution in [0.4, 0.5) is 0 Å². The molecule has 7 heteroatoms. The summed E-state index contributed by atoms with van der Waals surface area (Å²) in [7, 11) is 0. The highest BCUT2D eigenvalue weighted by Crippen LogP contribution is 2.12. The van der Waals surface area contributed by atoms with Crippen LogP contribution in [0.2, 0.25) is 0 Å². The standard InChI is InChI=1S/C23H39N5O2/c1-5-10-25-22(29)20-9-7-8-19(15-20)16-26-23(24-6-2)27-17-21(18(3)4)28-11-13-30-14-12-28/h7-9,15,18,21H,5-6,10-14,16-17H2,1-4H3,(H,25,29)(H2,24,26,27). The van der Waals surface area contributed by atoms with E-state index >= 15 is 0 Å². The SMILES string of the molecule is CCCNC(=O)c1cccc(CN=C(NCC)NCC(C(C)C)N2CCOCC2)c1. The van der Waals surface area contributed by atoms with Crippen molar-refractivity contribution in [2.75, 3.05) is 45.9 Å². The molecule has 2 rings (SSSR count). The van der Waals surface area contributed by atoms with Crippen LogP contribution in [0.5, 0.6) is 0 Å². The van der Waals surface area contributed by atoms with Crippen LogP contribution in [0.15, 0.2) is 29.3 Å². The fraction of sp³-hybridized carbons (Fsp3) is 0.652. The number of carbonyl (C=O) groups is 1. The Balaban J connectivity index is 1.98.